The van der Waals surface area contributed by atoms with Crippen molar-refractivity contribution in [1.29, 1.82) is 0 Å². The predicted octanol–water partition coefficient (Wildman–Crippen LogP) is 2.55. The highest BCUT2D eigenvalue weighted by Gasteiger charge is 2.16. The van der Waals surface area contributed by atoms with Gasteiger partial charge in [0.2, 0.25) is 0 Å². The molecule has 0 unspecified atom stereocenters. The molecule has 0 saturated heterocycles. The van der Waals surface area contributed by atoms with Gasteiger partial charge in [0.05, 0.1) is 23.5 Å². The van der Waals surface area contributed by atoms with Gasteiger partial charge in [0.15, 0.2) is 0 Å². The first kappa shape index (κ1) is 10.7. The van der Waals surface area contributed by atoms with Crippen molar-refractivity contribution < 1.29 is 4.79 Å². The number of hydrogen-bond acceptors (Lipinski definition) is 2. The van der Waals surface area contributed by atoms with Crippen molar-refractivity contribution in [1.82, 2.24) is 5.32 Å². The van der Waals surface area contributed by atoms with Crippen LogP contribution in [0.3, 0.4) is 0 Å². The van der Waals surface area contributed by atoms with Crippen molar-refractivity contribution in [3.05, 3.63) is 65.7 Å². The van der Waals surface area contributed by atoms with Gasteiger partial charge in [0, 0.05) is 0 Å². The smallest absolute Gasteiger partial charge is 0.253 e. The Morgan fingerprint density at radius 3 is 2.50 bits per heavy atom. The quantitative estimate of drug-likeness (QED) is 0.812. The maximum absolute atomic E-state index is 11.9. The van der Waals surface area contributed by atoms with E-state index in [0.717, 1.165) is 17.0 Å². The number of hydrogen-bond donors (Lipinski definition) is 1. The van der Waals surface area contributed by atoms with Gasteiger partial charge in [0.1, 0.15) is 0 Å². The molecule has 18 heavy (non-hydrogen) atoms. The molecule has 0 saturated carbocycles. The van der Waals surface area contributed by atoms with Crippen LogP contribution in [0.25, 0.3) is 0 Å². The van der Waals surface area contributed by atoms with Crippen LogP contribution in [0.2, 0.25) is 0 Å². The largest absolute Gasteiger partial charge is 0.346 e. The maximum atomic E-state index is 11.9. The van der Waals surface area contributed by atoms with E-state index in [4.69, 9.17) is 0 Å². The zero-order chi connectivity index (χ0) is 12.4. The minimum atomic E-state index is -0.0692. The van der Waals surface area contributed by atoms with Crippen molar-refractivity contribution in [2.75, 3.05) is 6.54 Å². The Kier molecular flexibility index (Phi) is 2.65. The SMILES string of the molecule is O=C1NCC(c2ccccc2)=Nc2ccccc21. The second-order valence-corrected chi connectivity index (χ2v) is 4.12. The molecule has 1 N–H and O–H groups in total. The van der Waals surface area contributed by atoms with Crippen LogP contribution in [0.1, 0.15) is 15.9 Å². The zero-order valence-electron chi connectivity index (χ0n) is 9.76. The number of aliphatic imine (C=N–C) groups is 1. The standard InChI is InChI=1S/C15H12N2O/c18-15-12-8-4-5-9-13(12)17-14(10-16-15)11-6-2-1-3-7-11/h1-9H,10H2,(H,16,18). The molecule has 0 bridgehead atoms. The average molecular weight is 236 g/mol. The molecule has 0 radical (unpaired) electrons. The Balaban J connectivity index is 2.10. The number of nitrogens with zero attached hydrogens (tertiary/aromatic N) is 1. The number of carbonyl (C=O) groups excluding carboxylic acids is 1. The van der Waals surface area contributed by atoms with Gasteiger partial charge in [-0.25, -0.2) is 0 Å². The van der Waals surface area contributed by atoms with Crippen molar-refractivity contribution in [3.8, 4) is 0 Å². The third-order valence-corrected chi connectivity index (χ3v) is 2.93. The lowest BCUT2D eigenvalue weighted by Gasteiger charge is -2.04. The topological polar surface area (TPSA) is 41.5 Å². The first-order valence-electron chi connectivity index (χ1n) is 5.85. The van der Waals surface area contributed by atoms with E-state index in [0.29, 0.717) is 12.1 Å². The van der Waals surface area contributed by atoms with E-state index in [1.54, 1.807) is 6.07 Å². The summed E-state index contributed by atoms with van der Waals surface area (Å²) in [4.78, 5) is 16.5. The number of para-hydroxylation sites is 1. The van der Waals surface area contributed by atoms with E-state index in [2.05, 4.69) is 10.3 Å². The second-order valence-electron chi connectivity index (χ2n) is 4.12. The molecule has 3 rings (SSSR count). The lowest BCUT2D eigenvalue weighted by atomic mass is 10.1. The van der Waals surface area contributed by atoms with Crippen LogP contribution < -0.4 is 5.32 Å². The first-order chi connectivity index (χ1) is 8.84. The van der Waals surface area contributed by atoms with Crippen molar-refractivity contribution in [3.63, 3.8) is 0 Å². The number of nitrogens with one attached hydrogen (secondary N) is 1. The van der Waals surface area contributed by atoms with Crippen LogP contribution in [0, 0.1) is 0 Å². The van der Waals surface area contributed by atoms with Crippen LogP contribution in [0.5, 0.6) is 0 Å². The van der Waals surface area contributed by atoms with Crippen LogP contribution >= 0.6 is 0 Å². The molecule has 0 fully saturated rings. The van der Waals surface area contributed by atoms with Gasteiger partial charge < -0.3 is 5.32 Å². The Labute approximate surface area is 105 Å². The lowest BCUT2D eigenvalue weighted by molar-refractivity contribution is 0.0961. The molecule has 2 aromatic rings. The van der Waals surface area contributed by atoms with Gasteiger partial charge in [-0.05, 0) is 17.7 Å². The van der Waals surface area contributed by atoms with E-state index in [-0.39, 0.29) is 5.91 Å². The van der Waals surface area contributed by atoms with Gasteiger partial charge in [0.25, 0.3) is 5.91 Å². The number of benzene rings is 2. The molecular formula is C15H12N2O. The Bertz CT molecular complexity index is 617. The number of carbonyl (C=O) groups is 1. The fourth-order valence-corrected chi connectivity index (χ4v) is 2.00. The summed E-state index contributed by atoms with van der Waals surface area (Å²) < 4.78 is 0. The van der Waals surface area contributed by atoms with Crippen molar-refractivity contribution in [2.24, 2.45) is 4.99 Å². The molecule has 2 aromatic carbocycles. The molecular weight excluding hydrogens is 224 g/mol. The fourth-order valence-electron chi connectivity index (χ4n) is 2.00. The molecule has 0 atom stereocenters. The molecule has 3 heteroatoms. The van der Waals surface area contributed by atoms with E-state index in [9.17, 15) is 4.79 Å². The fraction of sp³-hybridized carbons (Fsp3) is 0.0667. The first-order valence-corrected chi connectivity index (χ1v) is 5.85. The van der Waals surface area contributed by atoms with Crippen LogP contribution in [0.15, 0.2) is 59.6 Å². The molecule has 0 aliphatic carbocycles. The molecule has 1 aliphatic rings. The van der Waals surface area contributed by atoms with Gasteiger partial charge in [-0.3, -0.25) is 9.79 Å². The van der Waals surface area contributed by atoms with Gasteiger partial charge >= 0.3 is 0 Å². The van der Waals surface area contributed by atoms with Gasteiger partial charge in [-0.1, -0.05) is 42.5 Å². The molecule has 3 nitrogen and oxygen atoms in total. The maximum Gasteiger partial charge on any atom is 0.253 e. The molecule has 1 aliphatic heterocycles. The summed E-state index contributed by atoms with van der Waals surface area (Å²) in [6, 6.07) is 17.3. The molecule has 0 spiro atoms. The van der Waals surface area contributed by atoms with Gasteiger partial charge in [-0.15, -0.1) is 0 Å². The van der Waals surface area contributed by atoms with E-state index >= 15 is 0 Å². The zero-order valence-corrected chi connectivity index (χ0v) is 9.76. The Morgan fingerprint density at radius 1 is 0.944 bits per heavy atom. The summed E-state index contributed by atoms with van der Waals surface area (Å²) in [5, 5.41) is 2.88. The lowest BCUT2D eigenvalue weighted by Crippen LogP contribution is -2.27. The summed E-state index contributed by atoms with van der Waals surface area (Å²) >= 11 is 0. The molecule has 1 amide bonds. The Hall–Kier alpha value is -2.42. The average Bonchev–Trinajstić information content (AvgIpc) is 2.60. The highest BCUT2D eigenvalue weighted by molar-refractivity contribution is 6.10. The van der Waals surface area contributed by atoms with E-state index in [1.807, 2.05) is 48.5 Å². The minimum absolute atomic E-state index is 0.0692. The number of amides is 1. The highest BCUT2D eigenvalue weighted by Crippen LogP contribution is 2.21. The van der Waals surface area contributed by atoms with E-state index < -0.39 is 0 Å². The molecule has 1 heterocycles. The van der Waals surface area contributed by atoms with Crippen LogP contribution in [0.4, 0.5) is 5.69 Å². The highest BCUT2D eigenvalue weighted by atomic mass is 16.1. The monoisotopic (exact) mass is 236 g/mol. The summed E-state index contributed by atoms with van der Waals surface area (Å²) in [6.07, 6.45) is 0. The van der Waals surface area contributed by atoms with Crippen LogP contribution in [-0.4, -0.2) is 18.2 Å². The summed E-state index contributed by atoms with van der Waals surface area (Å²) in [5.74, 6) is -0.0692. The summed E-state index contributed by atoms with van der Waals surface area (Å²) in [7, 11) is 0. The molecule has 0 aromatic heterocycles. The van der Waals surface area contributed by atoms with Gasteiger partial charge in [-0.2, -0.15) is 0 Å². The van der Waals surface area contributed by atoms with E-state index in [1.165, 1.54) is 0 Å². The van der Waals surface area contributed by atoms with Crippen molar-refractivity contribution >= 4 is 17.3 Å². The minimum Gasteiger partial charge on any atom is -0.346 e. The van der Waals surface area contributed by atoms with Crippen molar-refractivity contribution in [2.45, 2.75) is 0 Å². The Morgan fingerprint density at radius 2 is 1.67 bits per heavy atom. The normalized spacial score (nSPS) is 14.2. The second kappa shape index (κ2) is 4.45. The number of rotatable bonds is 1. The third kappa shape index (κ3) is 1.91. The van der Waals surface area contributed by atoms with Crippen LogP contribution in [-0.2, 0) is 0 Å². The number of fused-ring (bicyclic) bond motifs is 1. The molecule has 88 valence electrons. The predicted molar refractivity (Wildman–Crippen MR) is 71.4 cm³/mol. The summed E-state index contributed by atoms with van der Waals surface area (Å²) in [5.41, 5.74) is 3.28. The third-order valence-electron chi connectivity index (χ3n) is 2.93. The summed E-state index contributed by atoms with van der Waals surface area (Å²) in [6.45, 7) is 0.456.